The van der Waals surface area contributed by atoms with Gasteiger partial charge in [-0.05, 0) is 93.5 Å². The Labute approximate surface area is 212 Å². The number of ether oxygens (including phenoxy) is 1. The Morgan fingerprint density at radius 3 is 2.67 bits per heavy atom. The summed E-state index contributed by atoms with van der Waals surface area (Å²) < 4.78 is 34.9. The van der Waals surface area contributed by atoms with Crippen LogP contribution in [0, 0.1) is 34.0 Å². The first-order valence-corrected chi connectivity index (χ1v) is 11.4. The number of anilines is 2. The van der Waals surface area contributed by atoms with Gasteiger partial charge in [-0.1, -0.05) is 17.9 Å². The van der Waals surface area contributed by atoms with Gasteiger partial charge in [0.1, 0.15) is 12.4 Å². The van der Waals surface area contributed by atoms with Gasteiger partial charge in [0.15, 0.2) is 11.6 Å². The van der Waals surface area contributed by atoms with Crippen LogP contribution in [0.25, 0.3) is 0 Å². The average molecular weight is 627 g/mol. The van der Waals surface area contributed by atoms with Crippen molar-refractivity contribution in [2.45, 2.75) is 6.92 Å². The molecule has 0 heterocycles. The van der Waals surface area contributed by atoms with Crippen LogP contribution in [-0.2, 0) is 4.84 Å². The summed E-state index contributed by atoms with van der Waals surface area (Å²) in [6.45, 7) is 1.70. The van der Waals surface area contributed by atoms with E-state index in [2.05, 4.69) is 61.2 Å². The molecule has 9 heteroatoms. The van der Waals surface area contributed by atoms with Gasteiger partial charge >= 0.3 is 0 Å². The third-order valence-electron chi connectivity index (χ3n) is 4.47. The number of carbonyl (C=O) groups excluding carboxylic acids is 1. The van der Waals surface area contributed by atoms with Gasteiger partial charge in [0.05, 0.1) is 22.8 Å². The minimum atomic E-state index is -1.19. The fourth-order valence-electron chi connectivity index (χ4n) is 2.83. The quantitative estimate of drug-likeness (QED) is 0.114. The van der Waals surface area contributed by atoms with Crippen molar-refractivity contribution in [2.75, 3.05) is 19.0 Å². The first kappa shape index (κ1) is 25.0. The summed E-state index contributed by atoms with van der Waals surface area (Å²) in [6.07, 6.45) is 0. The number of benzene rings is 3. The molecule has 33 heavy (non-hydrogen) atoms. The second-order valence-corrected chi connectivity index (χ2v) is 8.85. The summed E-state index contributed by atoms with van der Waals surface area (Å²) in [5, 5.41) is 2.82. The summed E-state index contributed by atoms with van der Waals surface area (Å²) in [6, 6.07) is 13.8. The molecule has 170 valence electrons. The van der Waals surface area contributed by atoms with Gasteiger partial charge in [-0.25, -0.2) is 14.3 Å². The number of hydroxylamine groups is 1. The van der Waals surface area contributed by atoms with Crippen molar-refractivity contribution < 1.29 is 23.1 Å². The highest BCUT2D eigenvalue weighted by Gasteiger charge is 2.22. The van der Waals surface area contributed by atoms with Crippen molar-refractivity contribution in [3.8, 4) is 17.6 Å². The molecule has 0 radical (unpaired) electrons. The smallest absolute Gasteiger partial charge is 0.277 e. The lowest BCUT2D eigenvalue weighted by atomic mass is 10.1. The van der Waals surface area contributed by atoms with Crippen LogP contribution in [0.4, 0.5) is 20.2 Å². The predicted molar refractivity (Wildman–Crippen MR) is 135 cm³/mol. The van der Waals surface area contributed by atoms with E-state index < -0.39 is 17.5 Å². The topological polar surface area (TPSA) is 59.6 Å². The lowest BCUT2D eigenvalue weighted by molar-refractivity contribution is 0.0438. The molecule has 1 amide bonds. The van der Waals surface area contributed by atoms with E-state index in [-0.39, 0.29) is 22.3 Å². The Hall–Kier alpha value is -2.68. The second-order valence-electron chi connectivity index (χ2n) is 6.75. The lowest BCUT2D eigenvalue weighted by Crippen LogP contribution is -2.25. The van der Waals surface area contributed by atoms with E-state index in [1.807, 2.05) is 19.1 Å². The standard InChI is InChI=1S/C24H18BrF2IN2O3/c1-14-11-16(28)8-9-20(14)29-23-18(13-19(25)21(26)22(23)27)24(31)30-33-10-4-6-15-5-3-7-17(12-15)32-2/h3,5,7-9,11-13,29H,10H2,1-2H3,(H,30,31). The molecule has 0 bridgehead atoms. The van der Waals surface area contributed by atoms with E-state index in [4.69, 9.17) is 9.57 Å². The molecule has 0 saturated heterocycles. The molecular formula is C24H18BrF2IN2O3. The molecule has 5 nitrogen and oxygen atoms in total. The van der Waals surface area contributed by atoms with E-state index in [9.17, 15) is 13.6 Å². The molecule has 0 aromatic heterocycles. The van der Waals surface area contributed by atoms with Crippen molar-refractivity contribution in [3.05, 3.63) is 84.9 Å². The number of amides is 1. The molecule has 3 aromatic rings. The highest BCUT2D eigenvalue weighted by molar-refractivity contribution is 14.1. The number of carbonyl (C=O) groups is 1. The maximum Gasteiger partial charge on any atom is 0.277 e. The molecule has 0 fully saturated rings. The van der Waals surface area contributed by atoms with Crippen LogP contribution in [0.15, 0.2) is 53.0 Å². The van der Waals surface area contributed by atoms with Gasteiger partial charge in [-0.2, -0.15) is 0 Å². The molecular weight excluding hydrogens is 609 g/mol. The molecule has 0 aliphatic rings. The maximum atomic E-state index is 14.8. The van der Waals surface area contributed by atoms with E-state index in [0.29, 0.717) is 17.0 Å². The molecule has 3 aromatic carbocycles. The minimum absolute atomic E-state index is 0.118. The summed E-state index contributed by atoms with van der Waals surface area (Å²) in [4.78, 5) is 17.8. The maximum absolute atomic E-state index is 14.8. The van der Waals surface area contributed by atoms with Crippen LogP contribution in [0.2, 0.25) is 0 Å². The normalized spacial score (nSPS) is 10.2. The van der Waals surface area contributed by atoms with Crippen LogP contribution in [0.5, 0.6) is 5.75 Å². The number of hydrogen-bond donors (Lipinski definition) is 2. The Bertz CT molecular complexity index is 1260. The molecule has 0 atom stereocenters. The summed E-state index contributed by atoms with van der Waals surface area (Å²) in [5.41, 5.74) is 3.83. The SMILES string of the molecule is COc1cccc(C#CCONC(=O)c2cc(Br)c(F)c(F)c2Nc2ccc(I)cc2C)c1. The average Bonchev–Trinajstić information content (AvgIpc) is 2.80. The zero-order valence-corrected chi connectivity index (χ0v) is 21.3. The van der Waals surface area contributed by atoms with Gasteiger partial charge in [-0.3, -0.25) is 9.63 Å². The predicted octanol–water partition coefficient (Wildman–Crippen LogP) is 6.11. The van der Waals surface area contributed by atoms with E-state index >= 15 is 0 Å². The molecule has 0 aliphatic heterocycles. The number of nitrogens with one attached hydrogen (secondary N) is 2. The summed E-state index contributed by atoms with van der Waals surface area (Å²) >= 11 is 5.09. The fraction of sp³-hybridized carbons (Fsp3) is 0.125. The second kappa shape index (κ2) is 11.4. The molecule has 0 unspecified atom stereocenters. The monoisotopic (exact) mass is 626 g/mol. The van der Waals surface area contributed by atoms with E-state index in [0.717, 1.165) is 9.13 Å². The molecule has 0 saturated carbocycles. The van der Waals surface area contributed by atoms with Crippen molar-refractivity contribution in [3.63, 3.8) is 0 Å². The zero-order chi connectivity index (χ0) is 24.0. The summed E-state index contributed by atoms with van der Waals surface area (Å²) in [5.74, 6) is 3.24. The first-order chi connectivity index (χ1) is 15.8. The number of hydrogen-bond acceptors (Lipinski definition) is 4. The number of halogens is 4. The molecule has 0 spiro atoms. The first-order valence-electron chi connectivity index (χ1n) is 9.56. The highest BCUT2D eigenvalue weighted by Crippen LogP contribution is 2.32. The third kappa shape index (κ3) is 6.43. The van der Waals surface area contributed by atoms with Crippen molar-refractivity contribution >= 4 is 55.8 Å². The van der Waals surface area contributed by atoms with Crippen molar-refractivity contribution in [1.29, 1.82) is 0 Å². The number of methoxy groups -OCH3 is 1. The Kier molecular flexibility index (Phi) is 8.66. The Morgan fingerprint density at radius 2 is 1.94 bits per heavy atom. The Balaban J connectivity index is 1.75. The molecule has 3 rings (SSSR count). The van der Waals surface area contributed by atoms with Crippen LogP contribution in [0.1, 0.15) is 21.5 Å². The summed E-state index contributed by atoms with van der Waals surface area (Å²) in [7, 11) is 1.56. The van der Waals surface area contributed by atoms with Gasteiger partial charge in [0.2, 0.25) is 0 Å². The highest BCUT2D eigenvalue weighted by atomic mass is 127. The van der Waals surface area contributed by atoms with Gasteiger partial charge in [-0.15, -0.1) is 0 Å². The van der Waals surface area contributed by atoms with Crippen molar-refractivity contribution in [2.24, 2.45) is 0 Å². The number of aryl methyl sites for hydroxylation is 1. The van der Waals surface area contributed by atoms with E-state index in [1.165, 1.54) is 6.07 Å². The third-order valence-corrected chi connectivity index (χ3v) is 5.71. The van der Waals surface area contributed by atoms with Crippen LogP contribution >= 0.6 is 38.5 Å². The minimum Gasteiger partial charge on any atom is -0.497 e. The van der Waals surface area contributed by atoms with Crippen molar-refractivity contribution in [1.82, 2.24) is 5.48 Å². The van der Waals surface area contributed by atoms with E-state index in [1.54, 1.807) is 37.4 Å². The van der Waals surface area contributed by atoms with Crippen LogP contribution in [-0.4, -0.2) is 19.6 Å². The Morgan fingerprint density at radius 1 is 1.15 bits per heavy atom. The van der Waals surface area contributed by atoms with Crippen LogP contribution in [0.3, 0.4) is 0 Å². The molecule has 2 N–H and O–H groups in total. The van der Waals surface area contributed by atoms with Gasteiger partial charge < -0.3 is 10.1 Å². The van der Waals surface area contributed by atoms with Crippen LogP contribution < -0.4 is 15.5 Å². The van der Waals surface area contributed by atoms with Gasteiger partial charge in [0.25, 0.3) is 5.91 Å². The fourth-order valence-corrected chi connectivity index (χ4v) is 3.88. The lowest BCUT2D eigenvalue weighted by Gasteiger charge is -2.16. The number of rotatable bonds is 6. The van der Waals surface area contributed by atoms with Gasteiger partial charge in [0, 0.05) is 14.8 Å². The zero-order valence-electron chi connectivity index (χ0n) is 17.6. The molecule has 0 aliphatic carbocycles. The largest absolute Gasteiger partial charge is 0.497 e.